The molecule has 1 N–H and O–H groups in total. The lowest BCUT2D eigenvalue weighted by Crippen LogP contribution is -2.31. The van der Waals surface area contributed by atoms with Gasteiger partial charge in [0.15, 0.2) is 6.04 Å². The van der Waals surface area contributed by atoms with E-state index in [-0.39, 0.29) is 13.0 Å². The van der Waals surface area contributed by atoms with Crippen LogP contribution in [-0.4, -0.2) is 42.9 Å². The first kappa shape index (κ1) is 19.3. The van der Waals surface area contributed by atoms with Crippen LogP contribution in [0.2, 0.25) is 0 Å². The normalized spacial score (nSPS) is 12.8. The van der Waals surface area contributed by atoms with Crippen molar-refractivity contribution in [2.24, 2.45) is 5.18 Å². The second-order valence-corrected chi connectivity index (χ2v) is 8.11. The summed E-state index contributed by atoms with van der Waals surface area (Å²) < 4.78 is 6.32. The van der Waals surface area contributed by atoms with Gasteiger partial charge in [-0.05, 0) is 44.4 Å². The molecule has 25 heavy (non-hydrogen) atoms. The molecule has 0 radical (unpaired) electrons. The Labute approximate surface area is 151 Å². The first-order chi connectivity index (χ1) is 11.7. The topological polar surface area (TPSA) is 79.2 Å². The monoisotopic (exact) mass is 364 g/mol. The van der Waals surface area contributed by atoms with Gasteiger partial charge in [-0.1, -0.05) is 11.2 Å². The zero-order valence-electron chi connectivity index (χ0n) is 15.0. The zero-order chi connectivity index (χ0) is 18.6. The Morgan fingerprint density at radius 3 is 2.68 bits per heavy atom. The van der Waals surface area contributed by atoms with E-state index in [1.165, 1.54) is 11.3 Å². The first-order valence-corrected chi connectivity index (χ1v) is 8.95. The first-order valence-electron chi connectivity index (χ1n) is 8.13. The van der Waals surface area contributed by atoms with Gasteiger partial charge in [0, 0.05) is 35.3 Å². The van der Waals surface area contributed by atoms with Crippen molar-refractivity contribution in [2.45, 2.75) is 38.8 Å². The maximum atomic E-state index is 12.1. The second-order valence-electron chi connectivity index (χ2n) is 6.94. The molecule has 0 aliphatic rings. The van der Waals surface area contributed by atoms with Gasteiger partial charge in [0.05, 0.1) is 6.61 Å². The number of carbonyl (C=O) groups is 1. The Kier molecular flexibility index (Phi) is 6.13. The standard InChI is InChI=1S/C18H24N2O4S/c1-18(2,3)24-17(22)15(19-23)11-14-9-12-5-6-13(10-16(12)25-14)20(4)7-8-21/h5-6,9-10,15,21H,7-8,11H2,1-4H3. The lowest BCUT2D eigenvalue weighted by atomic mass is 10.1. The summed E-state index contributed by atoms with van der Waals surface area (Å²) in [6.07, 6.45) is 0.236. The van der Waals surface area contributed by atoms with Crippen LogP contribution in [0.15, 0.2) is 29.4 Å². The molecule has 136 valence electrons. The van der Waals surface area contributed by atoms with Crippen LogP contribution in [0.25, 0.3) is 10.1 Å². The molecule has 1 aromatic heterocycles. The fourth-order valence-corrected chi connectivity index (χ4v) is 3.55. The summed E-state index contributed by atoms with van der Waals surface area (Å²) in [6.45, 7) is 5.93. The number of nitroso groups, excluding NO2 is 1. The molecule has 0 fully saturated rings. The number of thiophene rings is 1. The highest BCUT2D eigenvalue weighted by molar-refractivity contribution is 7.19. The molecule has 1 atom stereocenters. The highest BCUT2D eigenvalue weighted by Gasteiger charge is 2.27. The summed E-state index contributed by atoms with van der Waals surface area (Å²) >= 11 is 1.53. The van der Waals surface area contributed by atoms with Crippen LogP contribution in [-0.2, 0) is 16.0 Å². The molecule has 1 aromatic carbocycles. The molecule has 0 amide bonds. The number of ether oxygens (including phenoxy) is 1. The van der Waals surface area contributed by atoms with Gasteiger partial charge in [-0.25, -0.2) is 4.79 Å². The highest BCUT2D eigenvalue weighted by atomic mass is 32.1. The van der Waals surface area contributed by atoms with Crippen LogP contribution < -0.4 is 4.90 Å². The Hall–Kier alpha value is -1.99. The van der Waals surface area contributed by atoms with Gasteiger partial charge >= 0.3 is 5.97 Å². The van der Waals surface area contributed by atoms with E-state index in [2.05, 4.69) is 5.18 Å². The Balaban J connectivity index is 2.17. The molecular weight excluding hydrogens is 340 g/mol. The zero-order valence-corrected chi connectivity index (χ0v) is 15.8. The van der Waals surface area contributed by atoms with Crippen LogP contribution in [0.4, 0.5) is 5.69 Å². The fourth-order valence-electron chi connectivity index (χ4n) is 2.42. The lowest BCUT2D eigenvalue weighted by molar-refractivity contribution is -0.156. The summed E-state index contributed by atoms with van der Waals surface area (Å²) in [7, 11) is 1.92. The predicted octanol–water partition coefficient (Wildman–Crippen LogP) is 3.35. The molecule has 2 aromatic rings. The number of likely N-dealkylation sites (N-methyl/N-ethyl adjacent to an activating group) is 1. The smallest absolute Gasteiger partial charge is 0.335 e. The summed E-state index contributed by atoms with van der Waals surface area (Å²) in [6, 6.07) is 6.95. The van der Waals surface area contributed by atoms with Crippen molar-refractivity contribution in [1.82, 2.24) is 0 Å². The van der Waals surface area contributed by atoms with Crippen LogP contribution in [0.3, 0.4) is 0 Å². The van der Waals surface area contributed by atoms with Gasteiger partial charge < -0.3 is 14.7 Å². The molecule has 0 aliphatic heterocycles. The van der Waals surface area contributed by atoms with Crippen LogP contribution in [0.1, 0.15) is 25.6 Å². The molecule has 0 saturated heterocycles. The maximum Gasteiger partial charge on any atom is 0.335 e. The van der Waals surface area contributed by atoms with Crippen molar-refractivity contribution in [3.05, 3.63) is 34.0 Å². The van der Waals surface area contributed by atoms with E-state index >= 15 is 0 Å². The summed E-state index contributed by atoms with van der Waals surface area (Å²) in [5, 5.41) is 13.1. The van der Waals surface area contributed by atoms with E-state index in [4.69, 9.17) is 9.84 Å². The number of rotatable bonds is 7. The highest BCUT2D eigenvalue weighted by Crippen LogP contribution is 2.30. The third-order valence-electron chi connectivity index (χ3n) is 3.63. The van der Waals surface area contributed by atoms with Gasteiger partial charge in [0.2, 0.25) is 0 Å². The Morgan fingerprint density at radius 1 is 1.36 bits per heavy atom. The summed E-state index contributed by atoms with van der Waals surface area (Å²) in [5.41, 5.74) is 0.360. The Bertz CT molecular complexity index is 751. The molecule has 1 heterocycles. The predicted molar refractivity (Wildman–Crippen MR) is 101 cm³/mol. The lowest BCUT2D eigenvalue weighted by Gasteiger charge is -2.20. The van der Waals surface area contributed by atoms with Crippen molar-refractivity contribution < 1.29 is 14.6 Å². The van der Waals surface area contributed by atoms with Gasteiger partial charge in [-0.2, -0.15) is 0 Å². The largest absolute Gasteiger partial charge is 0.458 e. The van der Waals surface area contributed by atoms with E-state index in [1.807, 2.05) is 36.2 Å². The average molecular weight is 364 g/mol. The number of benzene rings is 1. The number of nitrogens with zero attached hydrogens (tertiary/aromatic N) is 2. The molecular formula is C18H24N2O4S. The number of esters is 1. The van der Waals surface area contributed by atoms with E-state index < -0.39 is 17.6 Å². The van der Waals surface area contributed by atoms with Crippen molar-refractivity contribution in [3.8, 4) is 0 Å². The van der Waals surface area contributed by atoms with E-state index in [0.717, 1.165) is 20.7 Å². The van der Waals surface area contributed by atoms with Crippen molar-refractivity contribution in [3.63, 3.8) is 0 Å². The number of hydrogen-bond acceptors (Lipinski definition) is 7. The van der Waals surface area contributed by atoms with Crippen molar-refractivity contribution >= 4 is 33.1 Å². The second kappa shape index (κ2) is 7.93. The van der Waals surface area contributed by atoms with Gasteiger partial charge in [0.25, 0.3) is 0 Å². The minimum atomic E-state index is -1.04. The van der Waals surface area contributed by atoms with E-state index in [0.29, 0.717) is 6.54 Å². The summed E-state index contributed by atoms with van der Waals surface area (Å²) in [5.74, 6) is -0.594. The minimum absolute atomic E-state index is 0.0901. The van der Waals surface area contributed by atoms with Crippen molar-refractivity contribution in [1.29, 1.82) is 0 Å². The molecule has 1 unspecified atom stereocenters. The summed E-state index contributed by atoms with van der Waals surface area (Å²) in [4.78, 5) is 26.1. The molecule has 0 bridgehead atoms. The minimum Gasteiger partial charge on any atom is -0.458 e. The van der Waals surface area contributed by atoms with Crippen LogP contribution in [0.5, 0.6) is 0 Å². The number of aliphatic hydroxyl groups excluding tert-OH is 1. The molecule has 0 aliphatic carbocycles. The van der Waals surface area contributed by atoms with E-state index in [1.54, 1.807) is 20.8 Å². The molecule has 0 saturated carbocycles. The number of fused-ring (bicyclic) bond motifs is 1. The number of anilines is 1. The average Bonchev–Trinajstić information content (AvgIpc) is 2.92. The van der Waals surface area contributed by atoms with Crippen molar-refractivity contribution in [2.75, 3.05) is 25.1 Å². The van der Waals surface area contributed by atoms with Gasteiger partial charge in [-0.15, -0.1) is 16.2 Å². The Morgan fingerprint density at radius 2 is 2.08 bits per heavy atom. The van der Waals surface area contributed by atoms with Crippen LogP contribution >= 0.6 is 11.3 Å². The number of hydrogen-bond donors (Lipinski definition) is 1. The number of carbonyl (C=O) groups excluding carboxylic acids is 1. The third kappa shape index (κ3) is 5.24. The van der Waals surface area contributed by atoms with Gasteiger partial charge in [-0.3, -0.25) is 0 Å². The van der Waals surface area contributed by atoms with Crippen LogP contribution in [0, 0.1) is 4.91 Å². The quantitative estimate of drug-likeness (QED) is 0.602. The fraction of sp³-hybridized carbons (Fsp3) is 0.500. The maximum absolute atomic E-state index is 12.1. The SMILES string of the molecule is CN(CCO)c1ccc2cc(CC(N=O)C(=O)OC(C)(C)C)sc2c1. The third-order valence-corrected chi connectivity index (χ3v) is 4.75. The molecule has 7 heteroatoms. The van der Waals surface area contributed by atoms with Gasteiger partial charge in [0.1, 0.15) is 5.60 Å². The molecule has 6 nitrogen and oxygen atoms in total. The number of aliphatic hydroxyl groups is 1. The molecule has 2 rings (SSSR count). The molecule has 0 spiro atoms. The van der Waals surface area contributed by atoms with E-state index in [9.17, 15) is 9.70 Å².